The maximum absolute atomic E-state index is 13.7. The Morgan fingerprint density at radius 3 is 2.07 bits per heavy atom. The highest BCUT2D eigenvalue weighted by Gasteiger charge is 2.51. The Labute approximate surface area is 247 Å². The summed E-state index contributed by atoms with van der Waals surface area (Å²) in [4.78, 5) is 41.3. The van der Waals surface area contributed by atoms with Crippen LogP contribution in [0.2, 0.25) is 0 Å². The molecule has 5 rings (SSSR count). The van der Waals surface area contributed by atoms with Crippen molar-refractivity contribution >= 4 is 18.0 Å². The third-order valence-corrected chi connectivity index (χ3v) is 9.25. The minimum absolute atomic E-state index is 0.0841. The van der Waals surface area contributed by atoms with Crippen molar-refractivity contribution in [2.45, 2.75) is 57.7 Å². The number of carbonyl (C=O) groups excluding carboxylic acids is 2. The van der Waals surface area contributed by atoms with Gasteiger partial charge in [-0.1, -0.05) is 78.9 Å². The molecule has 0 saturated carbocycles. The van der Waals surface area contributed by atoms with Crippen LogP contribution in [0, 0.1) is 5.41 Å². The summed E-state index contributed by atoms with van der Waals surface area (Å²) in [5.41, 5.74) is 1.96. The second-order valence-corrected chi connectivity index (χ2v) is 12.5. The number of likely N-dealkylation sites (tertiary alicyclic amines) is 1. The van der Waals surface area contributed by atoms with Crippen molar-refractivity contribution in [1.29, 1.82) is 0 Å². The first-order valence-corrected chi connectivity index (χ1v) is 14.4. The average Bonchev–Trinajstić information content (AvgIpc) is 3.51. The fraction of sp³-hybridized carbons (Fsp3) is 0.382. The highest BCUT2D eigenvalue weighted by molar-refractivity contribution is 5.91. The second kappa shape index (κ2) is 11.2. The van der Waals surface area contributed by atoms with Gasteiger partial charge in [0.1, 0.15) is 6.61 Å². The van der Waals surface area contributed by atoms with E-state index in [0.717, 1.165) is 27.8 Å². The van der Waals surface area contributed by atoms with Crippen LogP contribution in [0.15, 0.2) is 78.9 Å². The van der Waals surface area contributed by atoms with Crippen molar-refractivity contribution in [3.63, 3.8) is 0 Å². The first-order chi connectivity index (χ1) is 19.9. The molecular formula is C34H39N3O5. The number of amides is 2. The molecule has 2 amide bonds. The lowest BCUT2D eigenvalue weighted by atomic mass is 9.73. The minimum Gasteiger partial charge on any atom is -0.479 e. The number of fused-ring (bicyclic) bond motifs is 3. The van der Waals surface area contributed by atoms with Gasteiger partial charge in [-0.05, 0) is 61.9 Å². The number of rotatable bonds is 9. The molecule has 220 valence electrons. The molecular weight excluding hydrogens is 530 g/mol. The topological polar surface area (TPSA) is 108 Å². The smallest absolute Gasteiger partial charge is 0.407 e. The molecule has 0 radical (unpaired) electrons. The molecule has 1 unspecified atom stereocenters. The standard InChI is InChI=1S/C34H39N3O5/c1-32(2,29(38)35-34(30(39)40)18-19-37(22-34)20-23-12-6-5-7-13-23)33(3,4)36-31(41)42-21-28-26-16-10-8-14-24(26)25-15-9-11-17-27(25)28/h5-17,28H,18-22H2,1-4H3,(H,35,38)(H,36,41)(H,39,40). The van der Waals surface area contributed by atoms with Crippen LogP contribution in [0.4, 0.5) is 4.79 Å². The molecule has 1 saturated heterocycles. The lowest BCUT2D eigenvalue weighted by Crippen LogP contribution is -2.65. The lowest BCUT2D eigenvalue weighted by molar-refractivity contribution is -0.149. The summed E-state index contributed by atoms with van der Waals surface area (Å²) < 4.78 is 5.73. The molecule has 42 heavy (non-hydrogen) atoms. The number of ether oxygens (including phenoxy) is 1. The van der Waals surface area contributed by atoms with Gasteiger partial charge in [0, 0.05) is 25.6 Å². The molecule has 8 nitrogen and oxygen atoms in total. The number of hydrogen-bond acceptors (Lipinski definition) is 5. The molecule has 8 heteroatoms. The molecule has 3 N–H and O–H groups in total. The molecule has 1 atom stereocenters. The Morgan fingerprint density at radius 2 is 1.48 bits per heavy atom. The molecule has 1 aliphatic heterocycles. The largest absolute Gasteiger partial charge is 0.479 e. The number of benzene rings is 3. The minimum atomic E-state index is -1.41. The zero-order valence-corrected chi connectivity index (χ0v) is 24.6. The van der Waals surface area contributed by atoms with Crippen molar-refractivity contribution in [1.82, 2.24) is 15.5 Å². The lowest BCUT2D eigenvalue weighted by Gasteiger charge is -2.42. The van der Waals surface area contributed by atoms with E-state index in [1.165, 1.54) is 0 Å². The average molecular weight is 570 g/mol. The van der Waals surface area contributed by atoms with E-state index in [2.05, 4.69) is 34.9 Å². The highest BCUT2D eigenvalue weighted by Crippen LogP contribution is 2.44. The van der Waals surface area contributed by atoms with Gasteiger partial charge in [0.2, 0.25) is 5.91 Å². The highest BCUT2D eigenvalue weighted by atomic mass is 16.5. The summed E-state index contributed by atoms with van der Waals surface area (Å²) in [5.74, 6) is -1.60. The van der Waals surface area contributed by atoms with E-state index in [1.807, 2.05) is 59.5 Å². The van der Waals surface area contributed by atoms with Gasteiger partial charge in [0.25, 0.3) is 0 Å². The van der Waals surface area contributed by atoms with Gasteiger partial charge >= 0.3 is 12.1 Å². The monoisotopic (exact) mass is 569 g/mol. The van der Waals surface area contributed by atoms with Crippen molar-refractivity contribution in [2.24, 2.45) is 5.41 Å². The molecule has 2 aliphatic rings. The van der Waals surface area contributed by atoms with Crippen LogP contribution in [-0.4, -0.2) is 58.8 Å². The maximum Gasteiger partial charge on any atom is 0.407 e. The summed E-state index contributed by atoms with van der Waals surface area (Å²) in [6.07, 6.45) is -0.345. The Kier molecular flexibility index (Phi) is 7.86. The van der Waals surface area contributed by atoms with Crippen molar-refractivity contribution < 1.29 is 24.2 Å². The van der Waals surface area contributed by atoms with E-state index in [9.17, 15) is 19.5 Å². The van der Waals surface area contributed by atoms with E-state index in [4.69, 9.17) is 4.74 Å². The van der Waals surface area contributed by atoms with Crippen molar-refractivity contribution in [3.8, 4) is 11.1 Å². The Bertz CT molecular complexity index is 1440. The number of hydrogen-bond donors (Lipinski definition) is 3. The molecule has 3 aromatic rings. The number of aliphatic carboxylic acids is 1. The number of nitrogens with one attached hydrogen (secondary N) is 2. The van der Waals surface area contributed by atoms with Crippen LogP contribution >= 0.6 is 0 Å². The van der Waals surface area contributed by atoms with Crippen LogP contribution < -0.4 is 10.6 Å². The number of carboxylic acid groups (broad SMARTS) is 1. The molecule has 3 aromatic carbocycles. The van der Waals surface area contributed by atoms with Crippen LogP contribution in [0.5, 0.6) is 0 Å². The number of carbonyl (C=O) groups is 3. The molecule has 1 aliphatic carbocycles. The predicted molar refractivity (Wildman–Crippen MR) is 161 cm³/mol. The van der Waals surface area contributed by atoms with Gasteiger partial charge in [-0.15, -0.1) is 0 Å². The summed E-state index contributed by atoms with van der Waals surface area (Å²) in [7, 11) is 0. The van der Waals surface area contributed by atoms with E-state index < -0.39 is 34.5 Å². The molecule has 0 spiro atoms. The van der Waals surface area contributed by atoms with Gasteiger partial charge in [-0.2, -0.15) is 0 Å². The van der Waals surface area contributed by atoms with Gasteiger partial charge in [0.15, 0.2) is 5.54 Å². The summed E-state index contributed by atoms with van der Waals surface area (Å²) in [5, 5.41) is 15.9. The third kappa shape index (κ3) is 5.51. The Hall–Kier alpha value is -4.17. The SMILES string of the molecule is CC(C)(NC(=O)OCC1c2ccccc2-c2ccccc21)C(C)(C)C(=O)NC1(C(=O)O)CCN(Cc2ccccc2)C1. The fourth-order valence-corrected chi connectivity index (χ4v) is 5.90. The van der Waals surface area contributed by atoms with Crippen LogP contribution in [0.3, 0.4) is 0 Å². The Balaban J connectivity index is 1.22. The molecule has 0 bridgehead atoms. The fourth-order valence-electron chi connectivity index (χ4n) is 5.90. The first kappa shape index (κ1) is 29.3. The van der Waals surface area contributed by atoms with Crippen LogP contribution in [-0.2, 0) is 20.9 Å². The third-order valence-electron chi connectivity index (χ3n) is 9.25. The first-order valence-electron chi connectivity index (χ1n) is 14.4. The number of alkyl carbamates (subject to hydrolysis) is 1. The van der Waals surface area contributed by atoms with Crippen molar-refractivity contribution in [2.75, 3.05) is 19.7 Å². The van der Waals surface area contributed by atoms with Crippen molar-refractivity contribution in [3.05, 3.63) is 95.6 Å². The Morgan fingerprint density at radius 1 is 0.905 bits per heavy atom. The van der Waals surface area contributed by atoms with E-state index in [0.29, 0.717) is 13.1 Å². The predicted octanol–water partition coefficient (Wildman–Crippen LogP) is 5.18. The van der Waals surface area contributed by atoms with Gasteiger partial charge in [0.05, 0.1) is 11.0 Å². The molecule has 1 heterocycles. The summed E-state index contributed by atoms with van der Waals surface area (Å²) in [6, 6.07) is 26.1. The summed E-state index contributed by atoms with van der Waals surface area (Å²) >= 11 is 0. The number of carboxylic acids is 1. The zero-order valence-electron chi connectivity index (χ0n) is 24.6. The zero-order chi connectivity index (χ0) is 30.1. The van der Waals surface area contributed by atoms with Crippen LogP contribution in [0.25, 0.3) is 11.1 Å². The quantitative estimate of drug-likeness (QED) is 0.328. The molecule has 0 aromatic heterocycles. The number of nitrogens with zero attached hydrogens (tertiary/aromatic N) is 1. The molecule has 1 fully saturated rings. The maximum atomic E-state index is 13.7. The van der Waals surface area contributed by atoms with E-state index in [-0.39, 0.29) is 25.5 Å². The van der Waals surface area contributed by atoms with Gasteiger partial charge in [-0.3, -0.25) is 9.69 Å². The van der Waals surface area contributed by atoms with Gasteiger partial charge in [-0.25, -0.2) is 9.59 Å². The second-order valence-electron chi connectivity index (χ2n) is 12.5. The van der Waals surface area contributed by atoms with Gasteiger partial charge < -0.3 is 20.5 Å². The van der Waals surface area contributed by atoms with E-state index in [1.54, 1.807) is 27.7 Å². The summed E-state index contributed by atoms with van der Waals surface area (Å²) in [6.45, 7) is 8.40. The van der Waals surface area contributed by atoms with Crippen LogP contribution in [0.1, 0.15) is 56.7 Å². The normalized spacial score (nSPS) is 18.7. The van der Waals surface area contributed by atoms with E-state index >= 15 is 0 Å².